The van der Waals surface area contributed by atoms with Crippen molar-refractivity contribution in [2.45, 2.75) is 26.2 Å². The Balaban J connectivity index is 2.06. The van der Waals surface area contributed by atoms with Crippen LogP contribution in [0.1, 0.15) is 36.5 Å². The van der Waals surface area contributed by atoms with Gasteiger partial charge in [-0.3, -0.25) is 4.79 Å². The van der Waals surface area contributed by atoms with Crippen LogP contribution in [0.15, 0.2) is 30.5 Å². The van der Waals surface area contributed by atoms with E-state index in [0.717, 1.165) is 35.9 Å². The van der Waals surface area contributed by atoms with Crippen LogP contribution >= 0.6 is 0 Å². The Morgan fingerprint density at radius 2 is 2.18 bits per heavy atom. The first-order valence-corrected chi connectivity index (χ1v) is 6.17. The summed E-state index contributed by atoms with van der Waals surface area (Å²) in [4.78, 5) is 15.1. The lowest BCUT2D eigenvalue weighted by atomic mass is 10.1. The van der Waals surface area contributed by atoms with Crippen LogP contribution in [0.4, 0.5) is 0 Å². The van der Waals surface area contributed by atoms with Crippen molar-refractivity contribution in [2.24, 2.45) is 0 Å². The molecule has 17 heavy (non-hydrogen) atoms. The van der Waals surface area contributed by atoms with E-state index >= 15 is 0 Å². The summed E-state index contributed by atoms with van der Waals surface area (Å²) in [5.74, 6) is 0.00848. The van der Waals surface area contributed by atoms with E-state index in [9.17, 15) is 4.79 Å². The second kappa shape index (κ2) is 5.53. The van der Waals surface area contributed by atoms with Gasteiger partial charge in [-0.05, 0) is 18.6 Å². The number of unbranched alkanes of at least 4 members (excludes halogenated alkanes) is 2. The molecule has 0 bridgehead atoms. The highest BCUT2D eigenvalue weighted by atomic mass is 16.1. The molecule has 0 atom stereocenters. The molecule has 0 saturated carbocycles. The van der Waals surface area contributed by atoms with Crippen molar-refractivity contribution in [3.05, 3.63) is 36.0 Å². The average molecular weight is 230 g/mol. The van der Waals surface area contributed by atoms with E-state index in [1.54, 1.807) is 0 Å². The van der Waals surface area contributed by atoms with Crippen molar-refractivity contribution in [3.8, 4) is 0 Å². The number of benzene rings is 1. The third-order valence-corrected chi connectivity index (χ3v) is 2.90. The number of aromatic nitrogens is 1. The van der Waals surface area contributed by atoms with Crippen molar-refractivity contribution in [1.29, 1.82) is 0 Å². The minimum atomic E-state index is 0.00848. The van der Waals surface area contributed by atoms with Crippen LogP contribution in [0.2, 0.25) is 0 Å². The van der Waals surface area contributed by atoms with E-state index in [2.05, 4.69) is 17.2 Å². The van der Waals surface area contributed by atoms with Gasteiger partial charge >= 0.3 is 0 Å². The number of aromatic amines is 1. The lowest BCUT2D eigenvalue weighted by Gasteiger charge is -2.05. The van der Waals surface area contributed by atoms with Gasteiger partial charge in [-0.1, -0.05) is 31.9 Å². The highest BCUT2D eigenvalue weighted by molar-refractivity contribution is 6.05. The van der Waals surface area contributed by atoms with E-state index in [1.165, 1.54) is 6.42 Å². The molecule has 90 valence electrons. The first kappa shape index (κ1) is 11.7. The highest BCUT2D eigenvalue weighted by Gasteiger charge is 2.09. The van der Waals surface area contributed by atoms with E-state index in [4.69, 9.17) is 0 Å². The third kappa shape index (κ3) is 2.67. The van der Waals surface area contributed by atoms with E-state index < -0.39 is 0 Å². The van der Waals surface area contributed by atoms with Gasteiger partial charge in [0.2, 0.25) is 0 Å². The summed E-state index contributed by atoms with van der Waals surface area (Å²) in [6, 6.07) is 7.74. The number of carbonyl (C=O) groups excluding carboxylic acids is 1. The third-order valence-electron chi connectivity index (χ3n) is 2.90. The monoisotopic (exact) mass is 230 g/mol. The summed E-state index contributed by atoms with van der Waals surface area (Å²) in [6.07, 6.45) is 5.23. The molecule has 1 heterocycles. The maximum absolute atomic E-state index is 12.0. The van der Waals surface area contributed by atoms with Gasteiger partial charge in [-0.15, -0.1) is 0 Å². The Hall–Kier alpha value is -1.77. The molecule has 3 nitrogen and oxygen atoms in total. The summed E-state index contributed by atoms with van der Waals surface area (Å²) in [5.41, 5.74) is 1.64. The highest BCUT2D eigenvalue weighted by Crippen LogP contribution is 2.16. The maximum Gasteiger partial charge on any atom is 0.253 e. The quantitative estimate of drug-likeness (QED) is 0.762. The smallest absolute Gasteiger partial charge is 0.253 e. The molecular weight excluding hydrogens is 212 g/mol. The van der Waals surface area contributed by atoms with Crippen molar-refractivity contribution >= 4 is 16.8 Å². The largest absolute Gasteiger partial charge is 0.361 e. The van der Waals surface area contributed by atoms with Gasteiger partial charge in [0.25, 0.3) is 5.91 Å². The van der Waals surface area contributed by atoms with Gasteiger partial charge in [-0.25, -0.2) is 0 Å². The zero-order valence-electron chi connectivity index (χ0n) is 10.1. The van der Waals surface area contributed by atoms with Crippen LogP contribution in [0.3, 0.4) is 0 Å². The number of nitrogens with one attached hydrogen (secondary N) is 2. The van der Waals surface area contributed by atoms with Crippen molar-refractivity contribution in [1.82, 2.24) is 10.3 Å². The maximum atomic E-state index is 12.0. The molecule has 3 heteroatoms. The first-order chi connectivity index (χ1) is 8.33. The van der Waals surface area contributed by atoms with Crippen LogP contribution in [-0.2, 0) is 0 Å². The zero-order valence-corrected chi connectivity index (χ0v) is 10.1. The van der Waals surface area contributed by atoms with Gasteiger partial charge in [0.1, 0.15) is 0 Å². The predicted octanol–water partition coefficient (Wildman–Crippen LogP) is 3.09. The van der Waals surface area contributed by atoms with E-state index in [-0.39, 0.29) is 5.91 Å². The molecule has 1 aromatic heterocycles. The van der Waals surface area contributed by atoms with E-state index in [1.807, 2.05) is 30.5 Å². The number of hydrogen-bond acceptors (Lipinski definition) is 1. The molecule has 0 radical (unpaired) electrons. The molecule has 0 fully saturated rings. The number of H-pyrrole nitrogens is 1. The molecule has 0 aliphatic heterocycles. The lowest BCUT2D eigenvalue weighted by molar-refractivity contribution is 0.0954. The number of rotatable bonds is 5. The molecule has 2 rings (SSSR count). The van der Waals surface area contributed by atoms with Gasteiger partial charge in [-0.2, -0.15) is 0 Å². The summed E-state index contributed by atoms with van der Waals surface area (Å²) in [6.45, 7) is 2.91. The minimum Gasteiger partial charge on any atom is -0.361 e. The van der Waals surface area contributed by atoms with Crippen LogP contribution in [0.25, 0.3) is 10.9 Å². The fraction of sp³-hybridized carbons (Fsp3) is 0.357. The molecule has 1 aromatic carbocycles. The number of carbonyl (C=O) groups is 1. The average Bonchev–Trinajstić information content (AvgIpc) is 2.82. The topological polar surface area (TPSA) is 44.9 Å². The minimum absolute atomic E-state index is 0.00848. The van der Waals surface area contributed by atoms with Crippen LogP contribution in [0, 0.1) is 0 Å². The molecule has 1 amide bonds. The Morgan fingerprint density at radius 3 is 3.00 bits per heavy atom. The number of amides is 1. The summed E-state index contributed by atoms with van der Waals surface area (Å²) in [5, 5.41) is 4.03. The van der Waals surface area contributed by atoms with Crippen LogP contribution in [-0.4, -0.2) is 17.4 Å². The lowest BCUT2D eigenvalue weighted by Crippen LogP contribution is -2.24. The van der Waals surface area contributed by atoms with Gasteiger partial charge in [0.05, 0.1) is 11.1 Å². The number of hydrogen-bond donors (Lipinski definition) is 2. The molecule has 2 aromatic rings. The second-order valence-electron chi connectivity index (χ2n) is 4.21. The fourth-order valence-electron chi connectivity index (χ4n) is 1.95. The zero-order chi connectivity index (χ0) is 12.1. The Bertz CT molecular complexity index is 502. The number of fused-ring (bicyclic) bond motifs is 1. The van der Waals surface area contributed by atoms with E-state index in [0.29, 0.717) is 0 Å². The van der Waals surface area contributed by atoms with Crippen molar-refractivity contribution < 1.29 is 4.79 Å². The molecule has 0 aliphatic carbocycles. The van der Waals surface area contributed by atoms with Crippen molar-refractivity contribution in [2.75, 3.05) is 6.54 Å². The fourth-order valence-corrected chi connectivity index (χ4v) is 1.95. The summed E-state index contributed by atoms with van der Waals surface area (Å²) in [7, 11) is 0. The summed E-state index contributed by atoms with van der Waals surface area (Å²) < 4.78 is 0. The van der Waals surface area contributed by atoms with Gasteiger partial charge in [0.15, 0.2) is 0 Å². The second-order valence-corrected chi connectivity index (χ2v) is 4.21. The summed E-state index contributed by atoms with van der Waals surface area (Å²) >= 11 is 0. The van der Waals surface area contributed by atoms with Crippen LogP contribution in [0.5, 0.6) is 0 Å². The number of para-hydroxylation sites is 1. The SMILES string of the molecule is CCCCCNC(=O)c1cccc2cc[nH]c12. The Morgan fingerprint density at radius 1 is 1.29 bits per heavy atom. The van der Waals surface area contributed by atoms with Gasteiger partial charge in [0, 0.05) is 18.1 Å². The molecule has 0 spiro atoms. The molecule has 0 saturated heterocycles. The molecule has 0 unspecified atom stereocenters. The molecular formula is C14H18N2O. The Kier molecular flexibility index (Phi) is 3.81. The molecule has 0 aliphatic rings. The van der Waals surface area contributed by atoms with Crippen molar-refractivity contribution in [3.63, 3.8) is 0 Å². The molecule has 2 N–H and O–H groups in total. The predicted molar refractivity (Wildman–Crippen MR) is 70.2 cm³/mol. The first-order valence-electron chi connectivity index (χ1n) is 6.17. The standard InChI is InChI=1S/C14H18N2O/c1-2-3-4-9-16-14(17)12-7-5-6-11-8-10-15-13(11)12/h5-8,10,15H,2-4,9H2,1H3,(H,16,17). The normalized spacial score (nSPS) is 10.6. The Labute approximate surface area is 101 Å². The van der Waals surface area contributed by atoms with Crippen LogP contribution < -0.4 is 5.32 Å². The van der Waals surface area contributed by atoms with Gasteiger partial charge < -0.3 is 10.3 Å².